The van der Waals surface area contributed by atoms with Crippen molar-refractivity contribution in [2.24, 2.45) is 0 Å². The molecule has 1 aromatic heterocycles. The fraction of sp³-hybridized carbons (Fsp3) is 0.412. The normalized spacial score (nSPS) is 17.2. The minimum Gasteiger partial charge on any atom is -0.310 e. The number of aromatic nitrogens is 2. The van der Waals surface area contributed by atoms with Crippen molar-refractivity contribution in [3.8, 4) is 11.8 Å². The molecule has 1 aliphatic rings. The van der Waals surface area contributed by atoms with E-state index in [1.54, 1.807) is 0 Å². The van der Waals surface area contributed by atoms with Gasteiger partial charge in [0.05, 0.1) is 23.5 Å². The molecule has 0 saturated carbocycles. The molecule has 0 saturated heterocycles. The quantitative estimate of drug-likeness (QED) is 0.936. The third-order valence-electron chi connectivity index (χ3n) is 4.04. The van der Waals surface area contributed by atoms with Crippen molar-refractivity contribution in [2.45, 2.75) is 38.6 Å². The second-order valence-electron chi connectivity index (χ2n) is 5.52. The van der Waals surface area contributed by atoms with Gasteiger partial charge in [-0.05, 0) is 50.4 Å². The van der Waals surface area contributed by atoms with Crippen LogP contribution in [0.1, 0.15) is 49.0 Å². The van der Waals surface area contributed by atoms with E-state index in [1.807, 2.05) is 35.1 Å². The highest BCUT2D eigenvalue weighted by Crippen LogP contribution is 2.31. The first-order valence-electron chi connectivity index (χ1n) is 7.64. The molecule has 4 heteroatoms. The van der Waals surface area contributed by atoms with Crippen molar-refractivity contribution in [3.05, 3.63) is 47.3 Å². The molecule has 2 aromatic rings. The van der Waals surface area contributed by atoms with E-state index in [-0.39, 0.29) is 0 Å². The zero-order valence-electron chi connectivity index (χ0n) is 12.3. The Hall–Kier alpha value is -2.12. The smallest absolute Gasteiger partial charge is 0.0992 e. The Kier molecular flexibility index (Phi) is 4.03. The maximum atomic E-state index is 9.05. The lowest BCUT2D eigenvalue weighted by Gasteiger charge is -2.24. The lowest BCUT2D eigenvalue weighted by atomic mass is 9.93. The van der Waals surface area contributed by atoms with Crippen molar-refractivity contribution in [3.63, 3.8) is 0 Å². The lowest BCUT2D eigenvalue weighted by molar-refractivity contribution is 0.456. The van der Waals surface area contributed by atoms with Crippen LogP contribution in [-0.4, -0.2) is 16.3 Å². The first-order valence-corrected chi connectivity index (χ1v) is 7.64. The molecule has 1 unspecified atom stereocenters. The number of benzene rings is 1. The number of nitrogens with zero attached hydrogens (tertiary/aromatic N) is 3. The summed E-state index contributed by atoms with van der Waals surface area (Å²) in [4.78, 5) is 0. The molecule has 1 heterocycles. The van der Waals surface area contributed by atoms with Crippen molar-refractivity contribution >= 4 is 0 Å². The highest BCUT2D eigenvalue weighted by molar-refractivity contribution is 5.43. The van der Waals surface area contributed by atoms with Gasteiger partial charge in [-0.1, -0.05) is 13.0 Å². The highest BCUT2D eigenvalue weighted by atomic mass is 15.3. The zero-order chi connectivity index (χ0) is 14.7. The standard InChI is InChI=1S/C17H20N4/c1-2-9-19-16-7-4-8-17-15(16)12-20-21(17)14-6-3-5-13(10-14)11-18/h3,5-6,10,12,16,19H,2,4,7-9H2,1H3. The van der Waals surface area contributed by atoms with E-state index in [2.05, 4.69) is 23.4 Å². The van der Waals surface area contributed by atoms with E-state index in [1.165, 1.54) is 24.1 Å². The van der Waals surface area contributed by atoms with Crippen LogP contribution in [0.3, 0.4) is 0 Å². The van der Waals surface area contributed by atoms with Crippen LogP contribution in [0.2, 0.25) is 0 Å². The molecular weight excluding hydrogens is 260 g/mol. The van der Waals surface area contributed by atoms with Gasteiger partial charge in [-0.3, -0.25) is 0 Å². The third kappa shape index (κ3) is 2.70. The number of hydrogen-bond acceptors (Lipinski definition) is 3. The Balaban J connectivity index is 1.95. The molecule has 108 valence electrons. The maximum absolute atomic E-state index is 9.05. The van der Waals surface area contributed by atoms with Crippen LogP contribution in [0.5, 0.6) is 0 Å². The molecule has 1 aromatic carbocycles. The van der Waals surface area contributed by atoms with Crippen molar-refractivity contribution in [1.82, 2.24) is 15.1 Å². The average Bonchev–Trinajstić information content (AvgIpc) is 2.97. The van der Waals surface area contributed by atoms with Gasteiger partial charge >= 0.3 is 0 Å². The predicted molar refractivity (Wildman–Crippen MR) is 82.3 cm³/mol. The number of fused-ring (bicyclic) bond motifs is 1. The topological polar surface area (TPSA) is 53.6 Å². The molecule has 21 heavy (non-hydrogen) atoms. The Morgan fingerprint density at radius 1 is 1.48 bits per heavy atom. The molecule has 0 aliphatic heterocycles. The number of hydrogen-bond donors (Lipinski definition) is 1. The summed E-state index contributed by atoms with van der Waals surface area (Å²) in [5, 5.41) is 17.2. The van der Waals surface area contributed by atoms with Gasteiger partial charge in [0.15, 0.2) is 0 Å². The fourth-order valence-corrected chi connectivity index (χ4v) is 3.02. The lowest BCUT2D eigenvalue weighted by Crippen LogP contribution is -2.25. The second-order valence-corrected chi connectivity index (χ2v) is 5.52. The van der Waals surface area contributed by atoms with Crippen LogP contribution in [0.4, 0.5) is 0 Å². The summed E-state index contributed by atoms with van der Waals surface area (Å²) in [6.07, 6.45) is 6.54. The minimum atomic E-state index is 0.418. The first-order chi connectivity index (χ1) is 10.3. The number of rotatable bonds is 4. The zero-order valence-corrected chi connectivity index (χ0v) is 12.3. The Morgan fingerprint density at radius 3 is 3.19 bits per heavy atom. The largest absolute Gasteiger partial charge is 0.310 e. The first kappa shape index (κ1) is 13.8. The maximum Gasteiger partial charge on any atom is 0.0992 e. The summed E-state index contributed by atoms with van der Waals surface area (Å²) in [6, 6.07) is 10.3. The highest BCUT2D eigenvalue weighted by Gasteiger charge is 2.24. The summed E-state index contributed by atoms with van der Waals surface area (Å²) in [5.41, 5.74) is 4.25. The van der Waals surface area contributed by atoms with Gasteiger partial charge in [-0.2, -0.15) is 10.4 Å². The predicted octanol–water partition coefficient (Wildman–Crippen LogP) is 3.12. The molecule has 1 atom stereocenters. The summed E-state index contributed by atoms with van der Waals surface area (Å²) < 4.78 is 2.00. The van der Waals surface area contributed by atoms with Crippen LogP contribution >= 0.6 is 0 Å². The van der Waals surface area contributed by atoms with Crippen molar-refractivity contribution in [2.75, 3.05) is 6.54 Å². The van der Waals surface area contributed by atoms with Gasteiger partial charge in [-0.25, -0.2) is 4.68 Å². The van der Waals surface area contributed by atoms with Crippen molar-refractivity contribution < 1.29 is 0 Å². The molecule has 4 nitrogen and oxygen atoms in total. The molecule has 0 bridgehead atoms. The summed E-state index contributed by atoms with van der Waals surface area (Å²) in [6.45, 7) is 3.23. The summed E-state index contributed by atoms with van der Waals surface area (Å²) in [5.74, 6) is 0. The van der Waals surface area contributed by atoms with Gasteiger partial charge in [0.25, 0.3) is 0 Å². The van der Waals surface area contributed by atoms with Crippen molar-refractivity contribution in [1.29, 1.82) is 5.26 Å². The average molecular weight is 280 g/mol. The second kappa shape index (κ2) is 6.11. The molecule has 0 radical (unpaired) electrons. The van der Waals surface area contributed by atoms with Gasteiger partial charge in [0, 0.05) is 17.3 Å². The number of nitrogens with one attached hydrogen (secondary N) is 1. The molecule has 0 fully saturated rings. The molecular formula is C17H20N4. The number of nitriles is 1. The van der Waals surface area contributed by atoms with E-state index in [0.29, 0.717) is 11.6 Å². The SMILES string of the molecule is CCCNC1CCCc2c1cnn2-c1cccc(C#N)c1. The van der Waals surface area contributed by atoms with Gasteiger partial charge in [0.2, 0.25) is 0 Å². The molecule has 1 N–H and O–H groups in total. The third-order valence-corrected chi connectivity index (χ3v) is 4.04. The van der Waals surface area contributed by atoms with E-state index in [0.717, 1.165) is 25.1 Å². The molecule has 1 aliphatic carbocycles. The Bertz CT molecular complexity index is 666. The minimum absolute atomic E-state index is 0.418. The summed E-state index contributed by atoms with van der Waals surface area (Å²) >= 11 is 0. The van der Waals surface area contributed by atoms with E-state index in [9.17, 15) is 0 Å². The van der Waals surface area contributed by atoms with Crippen LogP contribution in [-0.2, 0) is 6.42 Å². The van der Waals surface area contributed by atoms with Gasteiger partial charge in [-0.15, -0.1) is 0 Å². The van der Waals surface area contributed by atoms with E-state index in [4.69, 9.17) is 5.26 Å². The van der Waals surface area contributed by atoms with Gasteiger partial charge < -0.3 is 5.32 Å². The molecule has 0 amide bonds. The Labute approximate surface area is 125 Å². The van der Waals surface area contributed by atoms with Gasteiger partial charge in [0.1, 0.15) is 0 Å². The molecule has 0 spiro atoms. The Morgan fingerprint density at radius 2 is 2.38 bits per heavy atom. The van der Waals surface area contributed by atoms with Crippen LogP contribution < -0.4 is 5.32 Å². The van der Waals surface area contributed by atoms with E-state index < -0.39 is 0 Å². The monoisotopic (exact) mass is 280 g/mol. The fourth-order valence-electron chi connectivity index (χ4n) is 3.02. The van der Waals surface area contributed by atoms with Crippen LogP contribution in [0, 0.1) is 11.3 Å². The molecule has 3 rings (SSSR count). The van der Waals surface area contributed by atoms with E-state index >= 15 is 0 Å². The van der Waals surface area contributed by atoms with Crippen LogP contribution in [0.15, 0.2) is 30.5 Å². The van der Waals surface area contributed by atoms with Crippen LogP contribution in [0.25, 0.3) is 5.69 Å². The summed E-state index contributed by atoms with van der Waals surface area (Å²) in [7, 11) is 0.